The number of hydrogen-bond donors (Lipinski definition) is 1. The molecule has 1 aromatic heterocycles. The molecule has 3 aliphatic rings. The Morgan fingerprint density at radius 1 is 1.34 bits per heavy atom. The van der Waals surface area contributed by atoms with E-state index in [-0.39, 0.29) is 35.7 Å². The molecule has 1 aromatic carbocycles. The average Bonchev–Trinajstić information content (AvgIpc) is 3.44. The number of morpholine rings is 1. The zero-order valence-corrected chi connectivity index (χ0v) is 16.3. The number of pyridine rings is 1. The maximum absolute atomic E-state index is 15.2. The van der Waals surface area contributed by atoms with Crippen molar-refractivity contribution in [3.63, 3.8) is 0 Å². The Kier molecular flexibility index (Phi) is 4.55. The van der Waals surface area contributed by atoms with Crippen LogP contribution in [-0.4, -0.2) is 55.5 Å². The Balaban J connectivity index is 1.66. The topological polar surface area (TPSA) is 72.8 Å². The molecule has 7 nitrogen and oxygen atoms in total. The number of benzene rings is 1. The predicted octanol–water partition coefficient (Wildman–Crippen LogP) is 1.83. The molecule has 2 aliphatic heterocycles. The quantitative estimate of drug-likeness (QED) is 0.788. The van der Waals surface area contributed by atoms with Crippen LogP contribution in [0.25, 0.3) is 10.9 Å². The van der Waals surface area contributed by atoms with Crippen LogP contribution in [0, 0.1) is 5.82 Å². The SMILES string of the molecule is CCOC(=O)c1cn(C2CC2)c2cc(N3CCOC4CNCC43)c(F)cc2c1=O. The molecular formula is C21H24FN3O4. The van der Waals surface area contributed by atoms with Crippen LogP contribution in [0.15, 0.2) is 23.1 Å². The Labute approximate surface area is 167 Å². The predicted molar refractivity (Wildman–Crippen MR) is 106 cm³/mol. The van der Waals surface area contributed by atoms with Gasteiger partial charge < -0.3 is 24.3 Å². The van der Waals surface area contributed by atoms with Crippen LogP contribution in [0.4, 0.5) is 10.1 Å². The van der Waals surface area contributed by atoms with Crippen LogP contribution in [0.3, 0.4) is 0 Å². The van der Waals surface area contributed by atoms with E-state index in [2.05, 4.69) is 5.32 Å². The first-order valence-corrected chi connectivity index (χ1v) is 10.2. The van der Waals surface area contributed by atoms with E-state index in [1.807, 2.05) is 9.47 Å². The lowest BCUT2D eigenvalue weighted by Gasteiger charge is -2.39. The van der Waals surface area contributed by atoms with Gasteiger partial charge in [-0.2, -0.15) is 0 Å². The third-order valence-corrected chi connectivity index (χ3v) is 6.04. The van der Waals surface area contributed by atoms with Crippen LogP contribution >= 0.6 is 0 Å². The largest absolute Gasteiger partial charge is 0.462 e. The lowest BCUT2D eigenvalue weighted by molar-refractivity contribution is 0.0347. The molecule has 2 saturated heterocycles. The van der Waals surface area contributed by atoms with Gasteiger partial charge in [0.25, 0.3) is 0 Å². The van der Waals surface area contributed by atoms with E-state index in [1.165, 1.54) is 6.07 Å². The normalized spacial score (nSPS) is 24.0. The molecule has 0 radical (unpaired) electrons. The number of rotatable bonds is 4. The number of aromatic nitrogens is 1. The summed E-state index contributed by atoms with van der Waals surface area (Å²) in [6.45, 7) is 4.50. The summed E-state index contributed by atoms with van der Waals surface area (Å²) in [7, 11) is 0. The molecule has 0 amide bonds. The summed E-state index contributed by atoms with van der Waals surface area (Å²) >= 11 is 0. The molecule has 0 spiro atoms. The summed E-state index contributed by atoms with van der Waals surface area (Å²) in [5.74, 6) is -1.11. The first-order valence-electron chi connectivity index (χ1n) is 10.2. The molecule has 1 N–H and O–H groups in total. The molecular weight excluding hydrogens is 377 g/mol. The molecule has 1 aliphatic carbocycles. The van der Waals surface area contributed by atoms with Gasteiger partial charge in [0.2, 0.25) is 5.43 Å². The monoisotopic (exact) mass is 401 g/mol. The van der Waals surface area contributed by atoms with Crippen molar-refractivity contribution < 1.29 is 18.7 Å². The third kappa shape index (κ3) is 3.11. The highest BCUT2D eigenvalue weighted by atomic mass is 19.1. The van der Waals surface area contributed by atoms with Gasteiger partial charge in [-0.1, -0.05) is 0 Å². The van der Waals surface area contributed by atoms with E-state index >= 15 is 4.39 Å². The number of carbonyl (C=O) groups excluding carboxylic acids is 1. The summed E-state index contributed by atoms with van der Waals surface area (Å²) in [6.07, 6.45) is 3.56. The van der Waals surface area contributed by atoms with Crippen molar-refractivity contribution in [3.8, 4) is 0 Å². The fraction of sp³-hybridized carbons (Fsp3) is 0.524. The van der Waals surface area contributed by atoms with Crippen LogP contribution < -0.4 is 15.6 Å². The van der Waals surface area contributed by atoms with Crippen molar-refractivity contribution >= 4 is 22.6 Å². The fourth-order valence-corrected chi connectivity index (χ4v) is 4.48. The molecule has 8 heteroatoms. The van der Waals surface area contributed by atoms with Crippen molar-refractivity contribution in [3.05, 3.63) is 39.9 Å². The molecule has 5 rings (SSSR count). The van der Waals surface area contributed by atoms with E-state index < -0.39 is 17.2 Å². The second kappa shape index (κ2) is 7.11. The second-order valence-corrected chi connectivity index (χ2v) is 7.88. The van der Waals surface area contributed by atoms with Gasteiger partial charge in [-0.25, -0.2) is 9.18 Å². The smallest absolute Gasteiger partial charge is 0.343 e. The number of nitrogens with zero attached hydrogens (tertiary/aromatic N) is 2. The number of anilines is 1. The second-order valence-electron chi connectivity index (χ2n) is 7.88. The molecule has 29 heavy (non-hydrogen) atoms. The lowest BCUT2D eigenvalue weighted by atomic mass is 10.1. The summed E-state index contributed by atoms with van der Waals surface area (Å²) in [5, 5.41) is 3.53. The number of halogens is 1. The van der Waals surface area contributed by atoms with E-state index in [0.29, 0.717) is 24.4 Å². The summed E-state index contributed by atoms with van der Waals surface area (Å²) in [5.41, 5.74) is 0.626. The van der Waals surface area contributed by atoms with Gasteiger partial charge in [0.1, 0.15) is 11.4 Å². The molecule has 154 valence electrons. The zero-order valence-electron chi connectivity index (χ0n) is 16.3. The Morgan fingerprint density at radius 2 is 2.17 bits per heavy atom. The van der Waals surface area contributed by atoms with Gasteiger partial charge in [0, 0.05) is 37.3 Å². The Bertz CT molecular complexity index is 1030. The van der Waals surface area contributed by atoms with Gasteiger partial charge in [0.05, 0.1) is 36.6 Å². The van der Waals surface area contributed by atoms with Crippen molar-refractivity contribution in [2.24, 2.45) is 0 Å². The highest BCUT2D eigenvalue weighted by Crippen LogP contribution is 2.38. The minimum atomic E-state index is -0.661. The molecule has 1 saturated carbocycles. The standard InChI is InChI=1S/C21H24FN3O4/c1-2-28-21(27)14-11-25(12-3-4-12)16-8-17(15(22)7-13(16)20(14)26)24-5-6-29-19-10-23-9-18(19)24/h7-8,11-12,18-19,23H,2-6,9-10H2,1H3. The van der Waals surface area contributed by atoms with Crippen LogP contribution in [0.2, 0.25) is 0 Å². The molecule has 2 atom stereocenters. The maximum atomic E-state index is 15.2. The van der Waals surface area contributed by atoms with Crippen molar-refractivity contribution in [1.29, 1.82) is 0 Å². The third-order valence-electron chi connectivity index (χ3n) is 6.04. The number of fused-ring (bicyclic) bond motifs is 2. The number of carbonyl (C=O) groups is 1. The van der Waals surface area contributed by atoms with Gasteiger partial charge in [-0.05, 0) is 31.9 Å². The van der Waals surface area contributed by atoms with Crippen molar-refractivity contribution in [2.45, 2.75) is 38.0 Å². The minimum Gasteiger partial charge on any atom is -0.462 e. The Hall–Kier alpha value is -2.45. The van der Waals surface area contributed by atoms with E-state index in [1.54, 1.807) is 19.2 Å². The summed E-state index contributed by atoms with van der Waals surface area (Å²) < 4.78 is 28.0. The first kappa shape index (κ1) is 18.6. The van der Waals surface area contributed by atoms with E-state index in [0.717, 1.165) is 25.9 Å². The fourth-order valence-electron chi connectivity index (χ4n) is 4.48. The molecule has 0 bridgehead atoms. The lowest BCUT2D eigenvalue weighted by Crippen LogP contribution is -2.51. The van der Waals surface area contributed by atoms with Gasteiger partial charge >= 0.3 is 5.97 Å². The van der Waals surface area contributed by atoms with E-state index in [4.69, 9.17) is 9.47 Å². The van der Waals surface area contributed by atoms with Gasteiger partial charge in [-0.3, -0.25) is 4.79 Å². The van der Waals surface area contributed by atoms with Gasteiger partial charge in [0.15, 0.2) is 0 Å². The number of ether oxygens (including phenoxy) is 2. The molecule has 2 aromatic rings. The maximum Gasteiger partial charge on any atom is 0.343 e. The summed E-state index contributed by atoms with van der Waals surface area (Å²) in [4.78, 5) is 27.3. The number of nitrogens with one attached hydrogen (secondary N) is 1. The van der Waals surface area contributed by atoms with Crippen molar-refractivity contribution in [1.82, 2.24) is 9.88 Å². The van der Waals surface area contributed by atoms with Crippen LogP contribution in [0.5, 0.6) is 0 Å². The highest BCUT2D eigenvalue weighted by Gasteiger charge is 2.37. The molecule has 3 heterocycles. The van der Waals surface area contributed by atoms with E-state index in [9.17, 15) is 9.59 Å². The minimum absolute atomic E-state index is 0.0372. The zero-order chi connectivity index (χ0) is 20.1. The molecule has 2 unspecified atom stereocenters. The highest BCUT2D eigenvalue weighted by molar-refractivity contribution is 5.94. The van der Waals surface area contributed by atoms with Crippen LogP contribution in [-0.2, 0) is 9.47 Å². The van der Waals surface area contributed by atoms with Gasteiger partial charge in [-0.15, -0.1) is 0 Å². The van der Waals surface area contributed by atoms with Crippen molar-refractivity contribution in [2.75, 3.05) is 37.7 Å². The summed E-state index contributed by atoms with van der Waals surface area (Å²) in [6, 6.07) is 3.33. The number of hydrogen-bond acceptors (Lipinski definition) is 6. The number of esters is 1. The first-order chi connectivity index (χ1) is 14.1. The average molecular weight is 401 g/mol. The molecule has 3 fully saturated rings. The van der Waals surface area contributed by atoms with Crippen LogP contribution in [0.1, 0.15) is 36.2 Å². The Morgan fingerprint density at radius 3 is 2.93 bits per heavy atom.